The van der Waals surface area contributed by atoms with E-state index in [2.05, 4.69) is 5.10 Å². The van der Waals surface area contributed by atoms with Crippen LogP contribution in [0, 0.1) is 0 Å². The molecule has 0 radical (unpaired) electrons. The van der Waals surface area contributed by atoms with Gasteiger partial charge in [0.25, 0.3) is 0 Å². The van der Waals surface area contributed by atoms with Crippen LogP contribution in [0.15, 0.2) is 42.7 Å². The van der Waals surface area contributed by atoms with Crippen LogP contribution in [0.25, 0.3) is 5.69 Å². The van der Waals surface area contributed by atoms with Crippen molar-refractivity contribution in [1.29, 1.82) is 0 Å². The van der Waals surface area contributed by atoms with Crippen molar-refractivity contribution in [2.24, 2.45) is 5.73 Å². The van der Waals surface area contributed by atoms with Gasteiger partial charge in [-0.2, -0.15) is 5.10 Å². The molecule has 1 aromatic heterocycles. The normalized spacial score (nSPS) is 15.1. The fourth-order valence-electron chi connectivity index (χ4n) is 1.77. The minimum atomic E-state index is -3.17. The first-order valence-electron chi connectivity index (χ1n) is 5.94. The van der Waals surface area contributed by atoms with Crippen molar-refractivity contribution in [2.45, 2.75) is 18.2 Å². The molecule has 0 bridgehead atoms. The lowest BCUT2D eigenvalue weighted by Gasteiger charge is -2.16. The molecular weight excluding hydrogens is 262 g/mol. The summed E-state index contributed by atoms with van der Waals surface area (Å²) in [6.07, 6.45) is 4.57. The number of para-hydroxylation sites is 1. The Morgan fingerprint density at radius 2 is 1.89 bits per heavy atom. The Morgan fingerprint density at radius 1 is 1.26 bits per heavy atom. The smallest absolute Gasteiger partial charge is 0.151 e. The standard InChI is InChI=1S/C13H17N3O2S/c1-10(19(2,17)18)13(14)11-8-15-16(9-11)12-6-4-3-5-7-12/h3-10,13H,14H2,1-2H3. The molecule has 0 fully saturated rings. The summed E-state index contributed by atoms with van der Waals surface area (Å²) < 4.78 is 24.7. The van der Waals surface area contributed by atoms with Crippen LogP contribution < -0.4 is 5.73 Å². The molecule has 0 saturated heterocycles. The van der Waals surface area contributed by atoms with Gasteiger partial charge in [0.1, 0.15) is 0 Å². The van der Waals surface area contributed by atoms with Crippen LogP contribution in [0.5, 0.6) is 0 Å². The third-order valence-corrected chi connectivity index (χ3v) is 4.83. The van der Waals surface area contributed by atoms with Gasteiger partial charge < -0.3 is 5.73 Å². The number of sulfone groups is 1. The van der Waals surface area contributed by atoms with E-state index in [1.165, 1.54) is 6.26 Å². The molecule has 0 amide bonds. The fourth-order valence-corrected chi connectivity index (χ4v) is 2.46. The van der Waals surface area contributed by atoms with Gasteiger partial charge >= 0.3 is 0 Å². The average Bonchev–Trinajstić information content (AvgIpc) is 2.86. The van der Waals surface area contributed by atoms with Crippen molar-refractivity contribution in [2.75, 3.05) is 6.26 Å². The Kier molecular flexibility index (Phi) is 3.73. The monoisotopic (exact) mass is 279 g/mol. The molecule has 2 rings (SSSR count). The molecule has 2 atom stereocenters. The fraction of sp³-hybridized carbons (Fsp3) is 0.308. The van der Waals surface area contributed by atoms with E-state index in [-0.39, 0.29) is 0 Å². The molecule has 1 heterocycles. The Labute approximate surface area is 113 Å². The molecule has 2 unspecified atom stereocenters. The van der Waals surface area contributed by atoms with E-state index in [0.717, 1.165) is 5.69 Å². The van der Waals surface area contributed by atoms with E-state index in [0.29, 0.717) is 5.56 Å². The van der Waals surface area contributed by atoms with Crippen LogP contribution in [0.3, 0.4) is 0 Å². The molecule has 0 aliphatic rings. The van der Waals surface area contributed by atoms with E-state index >= 15 is 0 Å². The van der Waals surface area contributed by atoms with Crippen molar-refractivity contribution in [1.82, 2.24) is 9.78 Å². The summed E-state index contributed by atoms with van der Waals surface area (Å²) in [6.45, 7) is 1.61. The molecule has 0 aliphatic heterocycles. The van der Waals surface area contributed by atoms with E-state index in [1.807, 2.05) is 30.3 Å². The number of nitrogens with two attached hydrogens (primary N) is 1. The predicted molar refractivity (Wildman–Crippen MR) is 74.8 cm³/mol. The molecule has 6 heteroatoms. The zero-order valence-electron chi connectivity index (χ0n) is 10.9. The van der Waals surface area contributed by atoms with Crippen molar-refractivity contribution in [3.8, 4) is 5.69 Å². The molecule has 2 aromatic rings. The minimum absolute atomic E-state index is 0.576. The van der Waals surface area contributed by atoms with Crippen molar-refractivity contribution < 1.29 is 8.42 Å². The highest BCUT2D eigenvalue weighted by Crippen LogP contribution is 2.19. The largest absolute Gasteiger partial charge is 0.323 e. The molecule has 2 N–H and O–H groups in total. The Balaban J connectivity index is 2.27. The predicted octanol–water partition coefficient (Wildman–Crippen LogP) is 1.31. The second-order valence-corrected chi connectivity index (χ2v) is 7.02. The van der Waals surface area contributed by atoms with Gasteiger partial charge in [0, 0.05) is 24.1 Å². The summed E-state index contributed by atoms with van der Waals surface area (Å²) in [5.74, 6) is 0. The summed E-state index contributed by atoms with van der Waals surface area (Å²) in [6, 6.07) is 9.01. The maximum Gasteiger partial charge on any atom is 0.151 e. The Morgan fingerprint density at radius 3 is 2.47 bits per heavy atom. The molecule has 0 aliphatic carbocycles. The molecule has 19 heavy (non-hydrogen) atoms. The summed E-state index contributed by atoms with van der Waals surface area (Å²) in [5, 5.41) is 3.58. The number of hydrogen-bond acceptors (Lipinski definition) is 4. The topological polar surface area (TPSA) is 78.0 Å². The van der Waals surface area contributed by atoms with Gasteiger partial charge in [-0.3, -0.25) is 0 Å². The maximum absolute atomic E-state index is 11.5. The molecular formula is C13H17N3O2S. The third-order valence-electron chi connectivity index (χ3n) is 3.19. The number of rotatable bonds is 4. The number of aromatic nitrogens is 2. The lowest BCUT2D eigenvalue weighted by atomic mass is 10.1. The van der Waals surface area contributed by atoms with Crippen LogP contribution in [0.4, 0.5) is 0 Å². The zero-order valence-corrected chi connectivity index (χ0v) is 11.7. The highest BCUT2D eigenvalue weighted by molar-refractivity contribution is 7.91. The molecule has 102 valence electrons. The molecule has 0 saturated carbocycles. The van der Waals surface area contributed by atoms with Gasteiger partial charge in [0.15, 0.2) is 9.84 Å². The van der Waals surface area contributed by atoms with E-state index in [4.69, 9.17) is 5.73 Å². The van der Waals surface area contributed by atoms with Crippen LogP contribution in [0.1, 0.15) is 18.5 Å². The average molecular weight is 279 g/mol. The number of hydrogen-bond donors (Lipinski definition) is 1. The van der Waals surface area contributed by atoms with Gasteiger partial charge in [-0.25, -0.2) is 13.1 Å². The van der Waals surface area contributed by atoms with Crippen LogP contribution in [-0.4, -0.2) is 29.7 Å². The minimum Gasteiger partial charge on any atom is -0.323 e. The van der Waals surface area contributed by atoms with Crippen LogP contribution in [-0.2, 0) is 9.84 Å². The van der Waals surface area contributed by atoms with Crippen molar-refractivity contribution >= 4 is 9.84 Å². The first-order valence-corrected chi connectivity index (χ1v) is 7.89. The highest BCUT2D eigenvalue weighted by atomic mass is 32.2. The first-order chi connectivity index (χ1) is 8.89. The summed E-state index contributed by atoms with van der Waals surface area (Å²) in [4.78, 5) is 0. The van der Waals surface area contributed by atoms with E-state index in [9.17, 15) is 8.42 Å². The third kappa shape index (κ3) is 3.02. The summed E-state index contributed by atoms with van der Waals surface area (Å²) in [5.41, 5.74) is 7.60. The Bertz CT molecular complexity index is 650. The maximum atomic E-state index is 11.5. The first kappa shape index (κ1) is 13.8. The van der Waals surface area contributed by atoms with Crippen molar-refractivity contribution in [3.05, 3.63) is 48.3 Å². The SMILES string of the molecule is CC(C(N)c1cnn(-c2ccccc2)c1)S(C)(=O)=O. The number of benzene rings is 1. The lowest BCUT2D eigenvalue weighted by molar-refractivity contribution is 0.571. The van der Waals surface area contributed by atoms with Gasteiger partial charge in [-0.1, -0.05) is 18.2 Å². The zero-order chi connectivity index (χ0) is 14.0. The van der Waals surface area contributed by atoms with Gasteiger partial charge in [0.05, 0.1) is 17.1 Å². The van der Waals surface area contributed by atoms with Crippen LogP contribution >= 0.6 is 0 Å². The van der Waals surface area contributed by atoms with Crippen LogP contribution in [0.2, 0.25) is 0 Å². The second-order valence-electron chi connectivity index (χ2n) is 4.61. The summed E-state index contributed by atoms with van der Waals surface area (Å²) in [7, 11) is -3.17. The lowest BCUT2D eigenvalue weighted by Crippen LogP contribution is -2.30. The Hall–Kier alpha value is -1.66. The van der Waals surface area contributed by atoms with Gasteiger partial charge in [-0.05, 0) is 19.1 Å². The molecule has 5 nitrogen and oxygen atoms in total. The van der Waals surface area contributed by atoms with E-state index in [1.54, 1.807) is 24.0 Å². The van der Waals surface area contributed by atoms with E-state index < -0.39 is 21.1 Å². The summed E-state index contributed by atoms with van der Waals surface area (Å²) >= 11 is 0. The molecule has 1 aromatic carbocycles. The molecule has 0 spiro atoms. The number of nitrogens with zero attached hydrogens (tertiary/aromatic N) is 2. The van der Waals surface area contributed by atoms with Gasteiger partial charge in [0.2, 0.25) is 0 Å². The van der Waals surface area contributed by atoms with Gasteiger partial charge in [-0.15, -0.1) is 0 Å². The van der Waals surface area contributed by atoms with Crippen molar-refractivity contribution in [3.63, 3.8) is 0 Å². The highest BCUT2D eigenvalue weighted by Gasteiger charge is 2.25. The second kappa shape index (κ2) is 5.14. The quantitative estimate of drug-likeness (QED) is 0.915.